The molecule has 1 atom stereocenters. The molecule has 0 radical (unpaired) electrons. The van der Waals surface area contributed by atoms with E-state index < -0.39 is 6.04 Å². The van der Waals surface area contributed by atoms with E-state index in [1.807, 2.05) is 0 Å². The summed E-state index contributed by atoms with van der Waals surface area (Å²) in [7, 11) is 3.04. The summed E-state index contributed by atoms with van der Waals surface area (Å²) in [5.74, 6) is 0.800. The van der Waals surface area contributed by atoms with Crippen LogP contribution in [0.1, 0.15) is 10.4 Å². The van der Waals surface area contributed by atoms with E-state index in [2.05, 4.69) is 6.07 Å². The van der Waals surface area contributed by atoms with E-state index in [9.17, 15) is 4.79 Å². The second kappa shape index (κ2) is 6.26. The average molecular weight is 276 g/mol. The van der Waals surface area contributed by atoms with Gasteiger partial charge in [0.05, 0.1) is 39.1 Å². The molecule has 1 aliphatic rings. The van der Waals surface area contributed by atoms with Crippen molar-refractivity contribution < 1.29 is 19.0 Å². The number of rotatable bonds is 3. The molecule has 6 heteroatoms. The van der Waals surface area contributed by atoms with Gasteiger partial charge in [-0.2, -0.15) is 5.26 Å². The van der Waals surface area contributed by atoms with Crippen molar-refractivity contribution in [2.75, 3.05) is 34.0 Å². The van der Waals surface area contributed by atoms with E-state index in [0.29, 0.717) is 30.2 Å². The van der Waals surface area contributed by atoms with Crippen molar-refractivity contribution in [2.24, 2.45) is 0 Å². The molecule has 0 bridgehead atoms. The summed E-state index contributed by atoms with van der Waals surface area (Å²) in [6.07, 6.45) is 0. The number of amides is 1. The molecule has 0 spiro atoms. The molecule has 1 aliphatic heterocycles. The fraction of sp³-hybridized carbons (Fsp3) is 0.429. The smallest absolute Gasteiger partial charge is 0.258 e. The summed E-state index contributed by atoms with van der Waals surface area (Å²) in [4.78, 5) is 14.1. The van der Waals surface area contributed by atoms with Gasteiger partial charge in [-0.15, -0.1) is 0 Å². The molecule has 0 N–H and O–H groups in total. The number of carbonyl (C=O) groups is 1. The first kappa shape index (κ1) is 14.2. The minimum atomic E-state index is -0.567. The largest absolute Gasteiger partial charge is 0.497 e. The zero-order valence-corrected chi connectivity index (χ0v) is 11.5. The van der Waals surface area contributed by atoms with Gasteiger partial charge in [-0.1, -0.05) is 0 Å². The fourth-order valence-electron chi connectivity index (χ4n) is 2.08. The van der Waals surface area contributed by atoms with Crippen LogP contribution in [0, 0.1) is 11.3 Å². The lowest BCUT2D eigenvalue weighted by Crippen LogP contribution is -2.48. The van der Waals surface area contributed by atoms with Crippen molar-refractivity contribution >= 4 is 5.91 Å². The predicted octanol–water partition coefficient (Wildman–Crippen LogP) is 1.07. The number of methoxy groups -OCH3 is 2. The first-order valence-corrected chi connectivity index (χ1v) is 6.21. The lowest BCUT2D eigenvalue weighted by atomic mass is 10.1. The molecule has 1 saturated heterocycles. The molecule has 0 aromatic heterocycles. The number of ether oxygens (including phenoxy) is 3. The number of benzene rings is 1. The molecule has 1 unspecified atom stereocenters. The van der Waals surface area contributed by atoms with Gasteiger partial charge in [0, 0.05) is 12.6 Å². The SMILES string of the molecule is COc1ccc(C(=O)N2CCOCC2C#N)c(OC)c1. The lowest BCUT2D eigenvalue weighted by Gasteiger charge is -2.31. The second-order valence-electron chi connectivity index (χ2n) is 4.28. The van der Waals surface area contributed by atoms with E-state index >= 15 is 0 Å². The summed E-state index contributed by atoms with van der Waals surface area (Å²) < 4.78 is 15.5. The third-order valence-corrected chi connectivity index (χ3v) is 3.18. The Bertz CT molecular complexity index is 538. The number of nitriles is 1. The second-order valence-corrected chi connectivity index (χ2v) is 4.28. The molecule has 106 valence electrons. The van der Waals surface area contributed by atoms with E-state index in [4.69, 9.17) is 19.5 Å². The maximum absolute atomic E-state index is 12.5. The van der Waals surface area contributed by atoms with Crippen molar-refractivity contribution in [3.8, 4) is 17.6 Å². The monoisotopic (exact) mass is 276 g/mol. The lowest BCUT2D eigenvalue weighted by molar-refractivity contribution is 0.0130. The van der Waals surface area contributed by atoms with Crippen LogP contribution < -0.4 is 9.47 Å². The Morgan fingerprint density at radius 3 is 2.90 bits per heavy atom. The summed E-state index contributed by atoms with van der Waals surface area (Å²) >= 11 is 0. The molecule has 20 heavy (non-hydrogen) atoms. The van der Waals surface area contributed by atoms with Crippen molar-refractivity contribution in [1.29, 1.82) is 5.26 Å². The Morgan fingerprint density at radius 2 is 2.25 bits per heavy atom. The molecular weight excluding hydrogens is 260 g/mol. The first-order chi connectivity index (χ1) is 9.71. The number of nitrogens with zero attached hydrogens (tertiary/aromatic N) is 2. The van der Waals surface area contributed by atoms with Crippen molar-refractivity contribution in [3.05, 3.63) is 23.8 Å². The van der Waals surface area contributed by atoms with Gasteiger partial charge < -0.3 is 19.1 Å². The van der Waals surface area contributed by atoms with Crippen LogP contribution in [0.2, 0.25) is 0 Å². The zero-order chi connectivity index (χ0) is 14.5. The van der Waals surface area contributed by atoms with Crippen molar-refractivity contribution in [2.45, 2.75) is 6.04 Å². The highest BCUT2D eigenvalue weighted by atomic mass is 16.5. The van der Waals surface area contributed by atoms with Gasteiger partial charge >= 0.3 is 0 Å². The summed E-state index contributed by atoms with van der Waals surface area (Å²) in [6.45, 7) is 1.06. The minimum Gasteiger partial charge on any atom is -0.497 e. The molecule has 1 amide bonds. The Morgan fingerprint density at radius 1 is 1.45 bits per heavy atom. The Kier molecular flexibility index (Phi) is 4.43. The Balaban J connectivity index is 2.30. The van der Waals surface area contributed by atoms with Gasteiger partial charge in [0.2, 0.25) is 0 Å². The third kappa shape index (κ3) is 2.68. The molecule has 1 heterocycles. The van der Waals surface area contributed by atoms with Gasteiger partial charge in [0.1, 0.15) is 17.5 Å². The van der Waals surface area contributed by atoms with Gasteiger partial charge in [0.25, 0.3) is 5.91 Å². The van der Waals surface area contributed by atoms with E-state index in [-0.39, 0.29) is 12.5 Å². The van der Waals surface area contributed by atoms with Crippen LogP contribution in [0.5, 0.6) is 11.5 Å². The van der Waals surface area contributed by atoms with Crippen LogP contribution in [0.25, 0.3) is 0 Å². The number of hydrogen-bond acceptors (Lipinski definition) is 5. The molecule has 1 aromatic rings. The number of morpholine rings is 1. The summed E-state index contributed by atoms with van der Waals surface area (Å²) in [6, 6.07) is 6.50. The van der Waals surface area contributed by atoms with Crippen LogP contribution in [0.3, 0.4) is 0 Å². The summed E-state index contributed by atoms with van der Waals surface area (Å²) in [5.41, 5.74) is 0.412. The van der Waals surface area contributed by atoms with Crippen LogP contribution in [-0.2, 0) is 4.74 Å². The van der Waals surface area contributed by atoms with Gasteiger partial charge in [-0.3, -0.25) is 4.79 Å². The maximum atomic E-state index is 12.5. The molecular formula is C14H16N2O4. The van der Waals surface area contributed by atoms with Crippen LogP contribution in [0.15, 0.2) is 18.2 Å². The molecule has 6 nitrogen and oxygen atoms in total. The standard InChI is InChI=1S/C14H16N2O4/c1-18-11-3-4-12(13(7-11)19-2)14(17)16-5-6-20-9-10(16)8-15/h3-4,7,10H,5-6,9H2,1-2H3. The van der Waals surface area contributed by atoms with Gasteiger partial charge in [0.15, 0.2) is 0 Å². The molecule has 0 aliphatic carbocycles. The fourth-order valence-corrected chi connectivity index (χ4v) is 2.08. The van der Waals surface area contributed by atoms with Gasteiger partial charge in [-0.25, -0.2) is 0 Å². The molecule has 2 rings (SSSR count). The summed E-state index contributed by atoms with van der Waals surface area (Å²) in [5, 5.41) is 9.09. The minimum absolute atomic E-state index is 0.237. The third-order valence-electron chi connectivity index (χ3n) is 3.18. The number of carbonyl (C=O) groups excluding carboxylic acids is 1. The van der Waals surface area contributed by atoms with E-state index in [1.54, 1.807) is 25.3 Å². The molecule has 1 aromatic carbocycles. The predicted molar refractivity (Wildman–Crippen MR) is 70.8 cm³/mol. The van der Waals surface area contributed by atoms with Crippen molar-refractivity contribution in [1.82, 2.24) is 4.90 Å². The number of hydrogen-bond donors (Lipinski definition) is 0. The van der Waals surface area contributed by atoms with Crippen LogP contribution in [-0.4, -0.2) is 50.8 Å². The van der Waals surface area contributed by atoms with Crippen LogP contribution >= 0.6 is 0 Å². The first-order valence-electron chi connectivity index (χ1n) is 6.21. The highest BCUT2D eigenvalue weighted by Crippen LogP contribution is 2.26. The Labute approximate surface area is 117 Å². The van der Waals surface area contributed by atoms with Crippen LogP contribution in [0.4, 0.5) is 0 Å². The maximum Gasteiger partial charge on any atom is 0.258 e. The molecule has 0 saturated carbocycles. The zero-order valence-electron chi connectivity index (χ0n) is 11.5. The molecule has 1 fully saturated rings. The normalized spacial score (nSPS) is 18.2. The Hall–Kier alpha value is -2.26. The average Bonchev–Trinajstić information content (AvgIpc) is 2.53. The van der Waals surface area contributed by atoms with E-state index in [0.717, 1.165) is 0 Å². The topological polar surface area (TPSA) is 71.8 Å². The highest BCUT2D eigenvalue weighted by molar-refractivity contribution is 5.97. The highest BCUT2D eigenvalue weighted by Gasteiger charge is 2.29. The van der Waals surface area contributed by atoms with Crippen molar-refractivity contribution in [3.63, 3.8) is 0 Å². The van der Waals surface area contributed by atoms with Gasteiger partial charge in [-0.05, 0) is 12.1 Å². The quantitative estimate of drug-likeness (QED) is 0.825. The van der Waals surface area contributed by atoms with E-state index in [1.165, 1.54) is 12.0 Å².